The molecule has 3 amide bonds. The lowest BCUT2D eigenvalue weighted by atomic mass is 10.1. The fraction of sp³-hybridized carbons (Fsp3) is 0.333. The van der Waals surface area contributed by atoms with Crippen molar-refractivity contribution in [1.29, 1.82) is 5.41 Å². The predicted octanol–water partition coefficient (Wildman–Crippen LogP) is 4.51. The summed E-state index contributed by atoms with van der Waals surface area (Å²) < 4.78 is 36.4. The summed E-state index contributed by atoms with van der Waals surface area (Å²) in [4.78, 5) is 36.3. The van der Waals surface area contributed by atoms with Crippen molar-refractivity contribution in [2.75, 3.05) is 27.1 Å². The molecule has 3 aromatic rings. The lowest BCUT2D eigenvalue weighted by Gasteiger charge is -2.28. The van der Waals surface area contributed by atoms with E-state index in [0.717, 1.165) is 15.5 Å². The van der Waals surface area contributed by atoms with Crippen LogP contribution in [0.5, 0.6) is 11.5 Å². The van der Waals surface area contributed by atoms with Gasteiger partial charge in [-0.1, -0.05) is 31.5 Å². The SMILES string of the molecule is CC.COCCC(C(=O)NCc1cc(C(=N)N)cs1)N(CF)C(=O)CNC=O.Cc1ccc(Oc2ccc(F)cc2)cc1. The molecule has 0 aliphatic carbocycles. The molecule has 1 atom stereocenters. The minimum Gasteiger partial charge on any atom is -0.457 e. The van der Waals surface area contributed by atoms with E-state index < -0.39 is 31.2 Å². The first-order valence-electron chi connectivity index (χ1n) is 13.4. The van der Waals surface area contributed by atoms with Crippen molar-refractivity contribution in [2.45, 2.75) is 39.8 Å². The van der Waals surface area contributed by atoms with Gasteiger partial charge in [0.2, 0.25) is 18.2 Å². The molecule has 43 heavy (non-hydrogen) atoms. The monoisotopic (exact) mass is 619 g/mol. The highest BCUT2D eigenvalue weighted by molar-refractivity contribution is 7.10. The minimum absolute atomic E-state index is 0.0753. The van der Waals surface area contributed by atoms with E-state index in [0.29, 0.717) is 17.7 Å². The van der Waals surface area contributed by atoms with E-state index in [2.05, 4.69) is 10.6 Å². The second kappa shape index (κ2) is 20.5. The number of nitrogens with zero attached hydrogens (tertiary/aromatic N) is 1. The first-order valence-corrected chi connectivity index (χ1v) is 14.3. The van der Waals surface area contributed by atoms with Gasteiger partial charge in [-0.2, -0.15) is 0 Å². The van der Waals surface area contributed by atoms with Gasteiger partial charge >= 0.3 is 0 Å². The van der Waals surface area contributed by atoms with E-state index in [1.54, 1.807) is 23.6 Å². The Morgan fingerprint density at radius 3 is 2.23 bits per heavy atom. The van der Waals surface area contributed by atoms with Crippen LogP contribution in [0.2, 0.25) is 0 Å². The molecule has 234 valence electrons. The zero-order valence-electron chi connectivity index (χ0n) is 24.7. The number of thiophene rings is 1. The van der Waals surface area contributed by atoms with Crippen molar-refractivity contribution in [3.63, 3.8) is 0 Å². The summed E-state index contributed by atoms with van der Waals surface area (Å²) in [6.07, 6.45) is 0.421. The van der Waals surface area contributed by atoms with Gasteiger partial charge in [-0.05, 0) is 49.4 Å². The van der Waals surface area contributed by atoms with Crippen LogP contribution in [0.1, 0.15) is 36.3 Å². The topological polar surface area (TPSA) is 147 Å². The van der Waals surface area contributed by atoms with Crippen LogP contribution in [0.25, 0.3) is 0 Å². The van der Waals surface area contributed by atoms with Crippen LogP contribution in [0.4, 0.5) is 8.78 Å². The number of nitrogen functional groups attached to an aromatic ring is 1. The van der Waals surface area contributed by atoms with Gasteiger partial charge in [0, 0.05) is 36.0 Å². The molecular weight excluding hydrogens is 580 g/mol. The Kier molecular flexibility index (Phi) is 17.5. The fourth-order valence-corrected chi connectivity index (χ4v) is 4.19. The van der Waals surface area contributed by atoms with E-state index in [4.69, 9.17) is 20.6 Å². The summed E-state index contributed by atoms with van der Waals surface area (Å²) in [6, 6.07) is 14.3. The van der Waals surface area contributed by atoms with Crippen LogP contribution in [-0.4, -0.2) is 62.1 Å². The average molecular weight is 620 g/mol. The molecule has 5 N–H and O–H groups in total. The molecule has 10 nitrogen and oxygen atoms in total. The molecule has 0 aliphatic heterocycles. The van der Waals surface area contributed by atoms with Crippen LogP contribution in [-0.2, 0) is 25.7 Å². The highest BCUT2D eigenvalue weighted by Gasteiger charge is 2.29. The number of hydrogen-bond donors (Lipinski definition) is 4. The number of amides is 3. The Hall–Kier alpha value is -4.36. The number of alkyl halides is 1. The van der Waals surface area contributed by atoms with Gasteiger partial charge < -0.3 is 30.7 Å². The molecule has 0 radical (unpaired) electrons. The molecule has 0 bridgehead atoms. The molecule has 2 aromatic carbocycles. The molecule has 0 spiro atoms. The van der Waals surface area contributed by atoms with Gasteiger partial charge in [-0.25, -0.2) is 8.78 Å². The van der Waals surface area contributed by atoms with Crippen molar-refractivity contribution in [2.24, 2.45) is 5.73 Å². The summed E-state index contributed by atoms with van der Waals surface area (Å²) in [5.74, 6) is -0.199. The van der Waals surface area contributed by atoms with Crippen LogP contribution >= 0.6 is 11.3 Å². The van der Waals surface area contributed by atoms with Crippen molar-refractivity contribution in [1.82, 2.24) is 15.5 Å². The number of ether oxygens (including phenoxy) is 2. The molecule has 1 heterocycles. The van der Waals surface area contributed by atoms with Gasteiger partial charge in [-0.3, -0.25) is 19.8 Å². The smallest absolute Gasteiger partial charge is 0.244 e. The van der Waals surface area contributed by atoms with Crippen LogP contribution in [0, 0.1) is 18.2 Å². The second-order valence-electron chi connectivity index (χ2n) is 8.58. The third kappa shape index (κ3) is 13.4. The number of hydrogen-bond acceptors (Lipinski definition) is 7. The number of carbonyl (C=O) groups is 3. The molecule has 0 aliphatic rings. The second-order valence-corrected chi connectivity index (χ2v) is 9.58. The minimum atomic E-state index is -1.17. The Morgan fingerprint density at radius 2 is 1.72 bits per heavy atom. The average Bonchev–Trinajstić information content (AvgIpc) is 3.50. The van der Waals surface area contributed by atoms with Gasteiger partial charge in [0.15, 0.2) is 6.80 Å². The van der Waals surface area contributed by atoms with E-state index >= 15 is 0 Å². The molecule has 0 saturated carbocycles. The molecule has 0 saturated heterocycles. The first kappa shape index (κ1) is 36.7. The summed E-state index contributed by atoms with van der Waals surface area (Å²) in [6.45, 7) is 4.74. The van der Waals surface area contributed by atoms with E-state index in [9.17, 15) is 23.2 Å². The van der Waals surface area contributed by atoms with Crippen LogP contribution in [0.3, 0.4) is 0 Å². The highest BCUT2D eigenvalue weighted by atomic mass is 32.1. The molecule has 13 heteroatoms. The number of halogens is 2. The van der Waals surface area contributed by atoms with Gasteiger partial charge in [0.05, 0.1) is 13.1 Å². The van der Waals surface area contributed by atoms with Crippen molar-refractivity contribution < 1.29 is 32.6 Å². The molecule has 1 aromatic heterocycles. The third-order valence-corrected chi connectivity index (χ3v) is 6.47. The molecule has 3 rings (SSSR count). The number of nitrogens with one attached hydrogen (secondary N) is 3. The maximum atomic E-state index is 13.4. The fourth-order valence-electron chi connectivity index (χ4n) is 3.36. The first-order chi connectivity index (χ1) is 20.7. The van der Waals surface area contributed by atoms with Crippen molar-refractivity contribution >= 4 is 35.4 Å². The number of carbonyl (C=O) groups excluding carboxylic acids is 3. The van der Waals surface area contributed by atoms with Crippen LogP contribution < -0.4 is 21.1 Å². The maximum absolute atomic E-state index is 13.4. The zero-order chi connectivity index (χ0) is 32.2. The number of benzene rings is 2. The Balaban J connectivity index is 0.000000457. The zero-order valence-corrected chi connectivity index (χ0v) is 25.5. The van der Waals surface area contributed by atoms with Gasteiger partial charge in [0.25, 0.3) is 0 Å². The number of methoxy groups -OCH3 is 1. The lowest BCUT2D eigenvalue weighted by molar-refractivity contribution is -0.143. The van der Waals surface area contributed by atoms with E-state index in [-0.39, 0.29) is 31.2 Å². The number of aryl methyl sites for hydroxylation is 1. The van der Waals surface area contributed by atoms with Crippen LogP contribution in [0.15, 0.2) is 60.0 Å². The van der Waals surface area contributed by atoms with E-state index in [1.807, 2.05) is 45.0 Å². The summed E-state index contributed by atoms with van der Waals surface area (Å²) in [7, 11) is 1.43. The molecular formula is C30H39F2N5O5S. The van der Waals surface area contributed by atoms with Crippen molar-refractivity contribution in [3.05, 3.63) is 81.8 Å². The molecule has 0 fully saturated rings. The quantitative estimate of drug-likeness (QED) is 0.0904. The number of nitrogens with two attached hydrogens (primary N) is 1. The summed E-state index contributed by atoms with van der Waals surface area (Å²) in [5.41, 5.74) is 7.12. The standard InChI is InChI=1S/C15H22FN5O4S.C13H11FO.C2H6/c1-25-3-2-12(21(8-16)13(23)6-19-9-22)15(24)20-5-11-4-10(7-26-11)14(17)18;1-10-2-6-12(7-3-10)15-13-8-4-11(14)5-9-13;1-2/h4,7,9,12H,2-3,5-6,8H2,1H3,(H3,17,18)(H,19,22)(H,20,24);2-9H,1H3;1-2H3. The normalized spacial score (nSPS) is 10.6. The predicted molar refractivity (Wildman–Crippen MR) is 163 cm³/mol. The largest absolute Gasteiger partial charge is 0.457 e. The molecule has 1 unspecified atom stereocenters. The number of amidine groups is 1. The van der Waals surface area contributed by atoms with Gasteiger partial charge in [-0.15, -0.1) is 11.3 Å². The van der Waals surface area contributed by atoms with E-state index in [1.165, 1.54) is 36.1 Å². The van der Waals surface area contributed by atoms with Gasteiger partial charge in [0.1, 0.15) is 29.2 Å². The Morgan fingerprint density at radius 1 is 1.12 bits per heavy atom. The Labute approximate surface area is 254 Å². The highest BCUT2D eigenvalue weighted by Crippen LogP contribution is 2.21. The summed E-state index contributed by atoms with van der Waals surface area (Å²) in [5, 5.41) is 13.8. The third-order valence-electron chi connectivity index (χ3n) is 5.53. The van der Waals surface area contributed by atoms with Crippen molar-refractivity contribution in [3.8, 4) is 11.5 Å². The lowest BCUT2D eigenvalue weighted by Crippen LogP contribution is -2.51. The number of rotatable bonds is 14. The maximum Gasteiger partial charge on any atom is 0.244 e. The Bertz CT molecular complexity index is 1230. The summed E-state index contributed by atoms with van der Waals surface area (Å²) >= 11 is 1.32.